The second-order valence-electron chi connectivity index (χ2n) is 3.35. The van der Waals surface area contributed by atoms with Crippen molar-refractivity contribution >= 4 is 0 Å². The van der Waals surface area contributed by atoms with E-state index in [1.165, 1.54) is 19.4 Å². The van der Waals surface area contributed by atoms with Crippen molar-refractivity contribution in [3.8, 4) is 0 Å². The first-order chi connectivity index (χ1) is 5.34. The molecule has 66 valence electrons. The highest BCUT2D eigenvalue weighted by Crippen LogP contribution is 2.14. The lowest BCUT2D eigenvalue weighted by molar-refractivity contribution is 0.0863. The highest BCUT2D eigenvalue weighted by molar-refractivity contribution is 4.75. The van der Waals surface area contributed by atoms with Gasteiger partial charge in [0.2, 0.25) is 0 Å². The Balaban J connectivity index is 2.05. The van der Waals surface area contributed by atoms with Crippen LogP contribution < -0.4 is 0 Å². The van der Waals surface area contributed by atoms with E-state index in [1.54, 1.807) is 0 Å². The van der Waals surface area contributed by atoms with Gasteiger partial charge >= 0.3 is 0 Å². The Morgan fingerprint density at radius 2 is 2.36 bits per heavy atom. The minimum absolute atomic E-state index is 0.696. The average molecular weight is 157 g/mol. The zero-order valence-electron chi connectivity index (χ0n) is 7.68. The SMILES string of the molecule is CCCOC[C@H]1CCCN1C. The number of rotatable bonds is 4. The number of nitrogens with zero attached hydrogens (tertiary/aromatic N) is 1. The van der Waals surface area contributed by atoms with Crippen LogP contribution in [0.3, 0.4) is 0 Å². The molecule has 0 bridgehead atoms. The predicted octanol–water partition coefficient (Wildman–Crippen LogP) is 1.51. The van der Waals surface area contributed by atoms with Gasteiger partial charge in [-0.2, -0.15) is 0 Å². The molecule has 1 saturated heterocycles. The van der Waals surface area contributed by atoms with Gasteiger partial charge in [-0.25, -0.2) is 0 Å². The molecule has 0 radical (unpaired) electrons. The number of hydrogen-bond donors (Lipinski definition) is 0. The highest BCUT2D eigenvalue weighted by Gasteiger charge is 2.20. The summed E-state index contributed by atoms with van der Waals surface area (Å²) in [7, 11) is 2.19. The number of ether oxygens (including phenoxy) is 1. The molecular weight excluding hydrogens is 138 g/mol. The van der Waals surface area contributed by atoms with Crippen molar-refractivity contribution in [2.75, 3.05) is 26.8 Å². The fraction of sp³-hybridized carbons (Fsp3) is 1.00. The normalized spacial score (nSPS) is 26.2. The Bertz CT molecular complexity index is 106. The maximum absolute atomic E-state index is 5.50. The van der Waals surface area contributed by atoms with Crippen LogP contribution >= 0.6 is 0 Å². The van der Waals surface area contributed by atoms with Gasteiger partial charge in [0.25, 0.3) is 0 Å². The van der Waals surface area contributed by atoms with Crippen LogP contribution in [0.2, 0.25) is 0 Å². The first-order valence-electron chi connectivity index (χ1n) is 4.62. The molecule has 0 aromatic rings. The van der Waals surface area contributed by atoms with E-state index in [2.05, 4.69) is 18.9 Å². The molecule has 2 nitrogen and oxygen atoms in total. The first kappa shape index (κ1) is 9.01. The molecule has 1 fully saturated rings. The molecule has 0 aromatic heterocycles. The summed E-state index contributed by atoms with van der Waals surface area (Å²) in [4.78, 5) is 2.40. The van der Waals surface area contributed by atoms with Crippen molar-refractivity contribution in [1.29, 1.82) is 0 Å². The Kier molecular flexibility index (Phi) is 3.87. The lowest BCUT2D eigenvalue weighted by Gasteiger charge is -2.18. The summed E-state index contributed by atoms with van der Waals surface area (Å²) in [6.07, 6.45) is 3.80. The topological polar surface area (TPSA) is 12.5 Å². The molecular formula is C9H19NO. The van der Waals surface area contributed by atoms with E-state index in [4.69, 9.17) is 4.74 Å². The molecule has 0 aromatic carbocycles. The van der Waals surface area contributed by atoms with Gasteiger partial charge in [-0.1, -0.05) is 6.92 Å². The van der Waals surface area contributed by atoms with Crippen molar-refractivity contribution in [2.45, 2.75) is 32.2 Å². The second-order valence-corrected chi connectivity index (χ2v) is 3.35. The van der Waals surface area contributed by atoms with Crippen LogP contribution in [-0.2, 0) is 4.74 Å². The van der Waals surface area contributed by atoms with Crippen molar-refractivity contribution < 1.29 is 4.74 Å². The Labute approximate surface area is 69.5 Å². The summed E-state index contributed by atoms with van der Waals surface area (Å²) in [5, 5.41) is 0. The van der Waals surface area contributed by atoms with Gasteiger partial charge in [0.15, 0.2) is 0 Å². The van der Waals surface area contributed by atoms with Crippen molar-refractivity contribution in [3.63, 3.8) is 0 Å². The zero-order valence-corrected chi connectivity index (χ0v) is 7.68. The van der Waals surface area contributed by atoms with E-state index in [-0.39, 0.29) is 0 Å². The van der Waals surface area contributed by atoms with Gasteiger partial charge in [0, 0.05) is 12.6 Å². The third-order valence-electron chi connectivity index (χ3n) is 2.33. The maximum atomic E-state index is 5.50. The third-order valence-corrected chi connectivity index (χ3v) is 2.33. The maximum Gasteiger partial charge on any atom is 0.0621 e. The molecule has 0 spiro atoms. The van der Waals surface area contributed by atoms with E-state index in [0.29, 0.717) is 6.04 Å². The Hall–Kier alpha value is -0.0800. The number of likely N-dealkylation sites (N-methyl/N-ethyl adjacent to an activating group) is 1. The highest BCUT2D eigenvalue weighted by atomic mass is 16.5. The fourth-order valence-electron chi connectivity index (χ4n) is 1.55. The lowest BCUT2D eigenvalue weighted by Crippen LogP contribution is -2.29. The molecule has 0 amide bonds. The van der Waals surface area contributed by atoms with Crippen LogP contribution in [0.4, 0.5) is 0 Å². The van der Waals surface area contributed by atoms with Gasteiger partial charge in [0.1, 0.15) is 0 Å². The van der Waals surface area contributed by atoms with Crippen LogP contribution in [0, 0.1) is 0 Å². The molecule has 1 aliphatic heterocycles. The Morgan fingerprint density at radius 1 is 1.55 bits per heavy atom. The molecule has 1 atom stereocenters. The largest absolute Gasteiger partial charge is 0.380 e. The molecule has 2 heteroatoms. The van der Waals surface area contributed by atoms with Gasteiger partial charge in [-0.05, 0) is 32.9 Å². The summed E-state index contributed by atoms with van der Waals surface area (Å²) < 4.78 is 5.50. The van der Waals surface area contributed by atoms with Gasteiger partial charge < -0.3 is 9.64 Å². The van der Waals surface area contributed by atoms with Crippen molar-refractivity contribution in [1.82, 2.24) is 4.90 Å². The lowest BCUT2D eigenvalue weighted by atomic mass is 10.2. The fourth-order valence-corrected chi connectivity index (χ4v) is 1.55. The average Bonchev–Trinajstić information content (AvgIpc) is 2.37. The summed E-state index contributed by atoms with van der Waals surface area (Å²) in [5.74, 6) is 0. The van der Waals surface area contributed by atoms with Crippen LogP contribution in [0.25, 0.3) is 0 Å². The van der Waals surface area contributed by atoms with Gasteiger partial charge in [0.05, 0.1) is 6.61 Å². The summed E-state index contributed by atoms with van der Waals surface area (Å²) in [5.41, 5.74) is 0. The van der Waals surface area contributed by atoms with Crippen LogP contribution in [0.15, 0.2) is 0 Å². The smallest absolute Gasteiger partial charge is 0.0621 e. The number of hydrogen-bond acceptors (Lipinski definition) is 2. The Morgan fingerprint density at radius 3 is 2.91 bits per heavy atom. The molecule has 0 saturated carbocycles. The van der Waals surface area contributed by atoms with Crippen molar-refractivity contribution in [2.24, 2.45) is 0 Å². The van der Waals surface area contributed by atoms with Crippen LogP contribution in [0.1, 0.15) is 26.2 Å². The molecule has 1 heterocycles. The molecule has 1 rings (SSSR count). The second kappa shape index (κ2) is 4.73. The molecule has 0 aliphatic carbocycles. The summed E-state index contributed by atoms with van der Waals surface area (Å²) in [6.45, 7) is 5.26. The zero-order chi connectivity index (χ0) is 8.10. The third kappa shape index (κ3) is 2.80. The summed E-state index contributed by atoms with van der Waals surface area (Å²) >= 11 is 0. The molecule has 0 N–H and O–H groups in total. The van der Waals surface area contributed by atoms with E-state index in [1.807, 2.05) is 0 Å². The van der Waals surface area contributed by atoms with E-state index >= 15 is 0 Å². The van der Waals surface area contributed by atoms with E-state index in [0.717, 1.165) is 19.6 Å². The summed E-state index contributed by atoms with van der Waals surface area (Å²) in [6, 6.07) is 0.696. The minimum Gasteiger partial charge on any atom is -0.380 e. The van der Waals surface area contributed by atoms with Crippen LogP contribution in [0.5, 0.6) is 0 Å². The van der Waals surface area contributed by atoms with Crippen LogP contribution in [-0.4, -0.2) is 37.7 Å². The predicted molar refractivity (Wildman–Crippen MR) is 46.8 cm³/mol. The van der Waals surface area contributed by atoms with E-state index in [9.17, 15) is 0 Å². The first-order valence-corrected chi connectivity index (χ1v) is 4.62. The molecule has 11 heavy (non-hydrogen) atoms. The minimum atomic E-state index is 0.696. The van der Waals surface area contributed by atoms with Gasteiger partial charge in [-0.3, -0.25) is 0 Å². The molecule has 1 aliphatic rings. The molecule has 0 unspecified atom stereocenters. The quantitative estimate of drug-likeness (QED) is 0.573. The van der Waals surface area contributed by atoms with E-state index < -0.39 is 0 Å². The number of likely N-dealkylation sites (tertiary alicyclic amines) is 1. The van der Waals surface area contributed by atoms with Gasteiger partial charge in [-0.15, -0.1) is 0 Å². The monoisotopic (exact) mass is 157 g/mol. The van der Waals surface area contributed by atoms with Crippen molar-refractivity contribution in [3.05, 3.63) is 0 Å². The standard InChI is InChI=1S/C9H19NO/c1-3-7-11-8-9-5-4-6-10(9)2/h9H,3-8H2,1-2H3/t9-/m1/s1.